The molecule has 7 nitrogen and oxygen atoms in total. The van der Waals surface area contributed by atoms with Crippen LogP contribution in [0, 0.1) is 0 Å². The SMILES string of the molecule is CC(C)NCCn1cc(S(=O)(=O)NN(C)C)cn1. The summed E-state index contributed by atoms with van der Waals surface area (Å²) in [6.45, 7) is 5.50. The fourth-order valence-corrected chi connectivity index (χ4v) is 2.40. The highest BCUT2D eigenvalue weighted by Crippen LogP contribution is 2.06. The molecule has 1 heterocycles. The zero-order valence-corrected chi connectivity index (χ0v) is 12.0. The molecule has 0 saturated carbocycles. The fourth-order valence-electron chi connectivity index (χ4n) is 1.37. The van der Waals surface area contributed by atoms with Gasteiger partial charge in [-0.2, -0.15) is 5.10 Å². The van der Waals surface area contributed by atoms with E-state index in [0.717, 1.165) is 6.54 Å². The van der Waals surface area contributed by atoms with Crippen LogP contribution in [-0.4, -0.2) is 49.9 Å². The number of sulfonamides is 1. The molecule has 1 aromatic rings. The molecule has 0 fully saturated rings. The Labute approximate surface area is 108 Å². The first-order valence-electron chi connectivity index (χ1n) is 5.77. The minimum absolute atomic E-state index is 0.167. The zero-order chi connectivity index (χ0) is 13.8. The monoisotopic (exact) mass is 275 g/mol. The van der Waals surface area contributed by atoms with E-state index in [4.69, 9.17) is 0 Å². The summed E-state index contributed by atoms with van der Waals surface area (Å²) in [5, 5.41) is 8.65. The lowest BCUT2D eigenvalue weighted by Crippen LogP contribution is -2.35. The van der Waals surface area contributed by atoms with Gasteiger partial charge in [-0.15, -0.1) is 4.83 Å². The van der Waals surface area contributed by atoms with Crippen molar-refractivity contribution < 1.29 is 8.42 Å². The Morgan fingerprint density at radius 3 is 2.67 bits per heavy atom. The molecular weight excluding hydrogens is 254 g/mol. The van der Waals surface area contributed by atoms with Gasteiger partial charge in [0.15, 0.2) is 0 Å². The number of hydrogen-bond donors (Lipinski definition) is 2. The van der Waals surface area contributed by atoms with Crippen molar-refractivity contribution in [3.05, 3.63) is 12.4 Å². The van der Waals surface area contributed by atoms with Crippen LogP contribution in [0.4, 0.5) is 0 Å². The van der Waals surface area contributed by atoms with E-state index in [2.05, 4.69) is 29.1 Å². The van der Waals surface area contributed by atoms with Crippen molar-refractivity contribution >= 4 is 10.0 Å². The summed E-state index contributed by atoms with van der Waals surface area (Å²) in [4.78, 5) is 2.53. The summed E-state index contributed by atoms with van der Waals surface area (Å²) in [7, 11) is -0.269. The molecule has 0 saturated heterocycles. The Kier molecular flexibility index (Phi) is 5.27. The molecule has 0 aliphatic carbocycles. The molecule has 0 atom stereocenters. The first-order chi connectivity index (χ1) is 8.31. The van der Waals surface area contributed by atoms with E-state index in [1.807, 2.05) is 0 Å². The molecule has 0 unspecified atom stereocenters. The Morgan fingerprint density at radius 2 is 2.11 bits per heavy atom. The van der Waals surface area contributed by atoms with Crippen molar-refractivity contribution in [1.82, 2.24) is 24.9 Å². The third-order valence-corrected chi connectivity index (χ3v) is 3.55. The molecule has 8 heteroatoms. The molecular formula is C10H21N5O2S. The van der Waals surface area contributed by atoms with Crippen LogP contribution in [0.2, 0.25) is 0 Å². The first kappa shape index (κ1) is 15.1. The van der Waals surface area contributed by atoms with E-state index < -0.39 is 10.0 Å². The van der Waals surface area contributed by atoms with Gasteiger partial charge in [0.1, 0.15) is 4.90 Å². The van der Waals surface area contributed by atoms with Gasteiger partial charge in [-0.25, -0.2) is 13.4 Å². The van der Waals surface area contributed by atoms with E-state index >= 15 is 0 Å². The van der Waals surface area contributed by atoms with Gasteiger partial charge in [0, 0.05) is 32.9 Å². The molecule has 0 radical (unpaired) electrons. The second-order valence-electron chi connectivity index (χ2n) is 4.54. The average molecular weight is 275 g/mol. The third kappa shape index (κ3) is 4.73. The molecule has 0 aliphatic rings. The Morgan fingerprint density at radius 1 is 1.44 bits per heavy atom. The van der Waals surface area contributed by atoms with Crippen molar-refractivity contribution in [2.24, 2.45) is 0 Å². The average Bonchev–Trinajstić information content (AvgIpc) is 2.64. The Hall–Kier alpha value is -0.960. The molecule has 104 valence electrons. The topological polar surface area (TPSA) is 79.3 Å². The Balaban J connectivity index is 2.63. The maximum Gasteiger partial charge on any atom is 0.256 e. The zero-order valence-electron chi connectivity index (χ0n) is 11.2. The maximum absolute atomic E-state index is 11.8. The molecule has 1 rings (SSSR count). The minimum Gasteiger partial charge on any atom is -0.313 e. The summed E-state index contributed by atoms with van der Waals surface area (Å²) in [6, 6.07) is 0.402. The highest BCUT2D eigenvalue weighted by Gasteiger charge is 2.16. The van der Waals surface area contributed by atoms with Gasteiger partial charge in [0.2, 0.25) is 0 Å². The lowest BCUT2D eigenvalue weighted by Gasteiger charge is -2.10. The van der Waals surface area contributed by atoms with Crippen molar-refractivity contribution in [1.29, 1.82) is 0 Å². The van der Waals surface area contributed by atoms with Gasteiger partial charge in [0.05, 0.1) is 12.7 Å². The molecule has 0 aliphatic heterocycles. The molecule has 0 spiro atoms. The summed E-state index contributed by atoms with van der Waals surface area (Å²) < 4.78 is 25.2. The van der Waals surface area contributed by atoms with Crippen molar-refractivity contribution in [3.63, 3.8) is 0 Å². The first-order valence-corrected chi connectivity index (χ1v) is 7.25. The van der Waals surface area contributed by atoms with Crippen LogP contribution < -0.4 is 10.1 Å². The second kappa shape index (κ2) is 6.28. The normalized spacial score (nSPS) is 12.6. The van der Waals surface area contributed by atoms with Crippen LogP contribution in [0.25, 0.3) is 0 Å². The summed E-state index contributed by atoms with van der Waals surface area (Å²) in [6.07, 6.45) is 2.87. The number of aromatic nitrogens is 2. The van der Waals surface area contributed by atoms with Gasteiger partial charge < -0.3 is 5.32 Å². The molecule has 0 amide bonds. The van der Waals surface area contributed by atoms with Crippen LogP contribution >= 0.6 is 0 Å². The number of hydrogen-bond acceptors (Lipinski definition) is 5. The number of nitrogens with one attached hydrogen (secondary N) is 2. The molecule has 0 bridgehead atoms. The standard InChI is InChI=1S/C10H21N5O2S/c1-9(2)11-5-6-15-8-10(7-12-15)18(16,17)13-14(3)4/h7-9,11,13H,5-6H2,1-4H3. The largest absolute Gasteiger partial charge is 0.313 e. The number of nitrogens with zero attached hydrogens (tertiary/aromatic N) is 3. The Bertz CT molecular complexity index is 466. The summed E-state index contributed by atoms with van der Waals surface area (Å²) in [5.41, 5.74) is 0. The van der Waals surface area contributed by atoms with Gasteiger partial charge >= 0.3 is 0 Å². The van der Waals surface area contributed by atoms with Crippen LogP contribution in [0.1, 0.15) is 13.8 Å². The van der Waals surface area contributed by atoms with Gasteiger partial charge in [-0.3, -0.25) is 4.68 Å². The van der Waals surface area contributed by atoms with Gasteiger partial charge in [0.25, 0.3) is 10.0 Å². The highest BCUT2D eigenvalue weighted by atomic mass is 32.2. The van der Waals surface area contributed by atoms with E-state index in [1.165, 1.54) is 17.4 Å². The molecule has 1 aromatic heterocycles. The minimum atomic E-state index is -3.51. The van der Waals surface area contributed by atoms with Crippen LogP contribution in [0.15, 0.2) is 17.3 Å². The van der Waals surface area contributed by atoms with Gasteiger partial charge in [-0.1, -0.05) is 13.8 Å². The third-order valence-electron chi connectivity index (χ3n) is 2.12. The van der Waals surface area contributed by atoms with Gasteiger partial charge in [-0.05, 0) is 0 Å². The lowest BCUT2D eigenvalue weighted by molar-refractivity contribution is 0.364. The maximum atomic E-state index is 11.8. The van der Waals surface area contributed by atoms with Crippen LogP contribution in [0.5, 0.6) is 0 Å². The summed E-state index contributed by atoms with van der Waals surface area (Å²) in [5.74, 6) is 0. The van der Waals surface area contributed by atoms with E-state index in [9.17, 15) is 8.42 Å². The van der Waals surface area contributed by atoms with E-state index in [1.54, 1.807) is 18.8 Å². The molecule has 0 aromatic carbocycles. The number of rotatable bonds is 7. The predicted molar refractivity (Wildman–Crippen MR) is 69.4 cm³/mol. The second-order valence-corrected chi connectivity index (χ2v) is 6.20. The highest BCUT2D eigenvalue weighted by molar-refractivity contribution is 7.89. The fraction of sp³-hybridized carbons (Fsp3) is 0.700. The summed E-state index contributed by atoms with van der Waals surface area (Å²) >= 11 is 0. The van der Waals surface area contributed by atoms with Crippen molar-refractivity contribution in [3.8, 4) is 0 Å². The molecule has 18 heavy (non-hydrogen) atoms. The van der Waals surface area contributed by atoms with Crippen molar-refractivity contribution in [2.75, 3.05) is 20.6 Å². The number of hydrazine groups is 1. The predicted octanol–water partition coefficient (Wildman–Crippen LogP) is -0.364. The molecule has 2 N–H and O–H groups in total. The van der Waals surface area contributed by atoms with Crippen LogP contribution in [-0.2, 0) is 16.6 Å². The van der Waals surface area contributed by atoms with Crippen molar-refractivity contribution in [2.45, 2.75) is 31.3 Å². The smallest absolute Gasteiger partial charge is 0.256 e. The van der Waals surface area contributed by atoms with E-state index in [0.29, 0.717) is 12.6 Å². The van der Waals surface area contributed by atoms with Crippen LogP contribution in [0.3, 0.4) is 0 Å². The lowest BCUT2D eigenvalue weighted by atomic mass is 10.4. The van der Waals surface area contributed by atoms with E-state index in [-0.39, 0.29) is 4.90 Å². The quantitative estimate of drug-likeness (QED) is 0.664.